The quantitative estimate of drug-likeness (QED) is 0.744. The van der Waals surface area contributed by atoms with E-state index >= 15 is 0 Å². The number of carbonyl (C=O) groups is 1. The maximum atomic E-state index is 11.8. The molecule has 1 aliphatic heterocycles. The second kappa shape index (κ2) is 4.67. The molecule has 1 N–H and O–H groups in total. The fourth-order valence-corrected chi connectivity index (χ4v) is 2.43. The van der Waals surface area contributed by atoms with Gasteiger partial charge in [0.15, 0.2) is 0 Å². The lowest BCUT2D eigenvalue weighted by Crippen LogP contribution is -3.00. The highest BCUT2D eigenvalue weighted by molar-refractivity contribution is 8.15. The normalized spacial score (nSPS) is 18.8. The Morgan fingerprint density at radius 1 is 1.31 bits per heavy atom. The Morgan fingerprint density at radius 2 is 2.00 bits per heavy atom. The van der Waals surface area contributed by atoms with Gasteiger partial charge in [0, 0.05) is 0 Å². The molecule has 2 rings (SSSR count). The zero-order chi connectivity index (χ0) is 11.5. The number of hydrogen-bond acceptors (Lipinski definition) is 3. The van der Waals surface area contributed by atoms with Crippen LogP contribution in [0.2, 0.25) is 0 Å². The van der Waals surface area contributed by atoms with Crippen LogP contribution in [0.4, 0.5) is 5.69 Å². The Bertz CT molecular complexity index is 416. The minimum absolute atomic E-state index is 0.0937. The van der Waals surface area contributed by atoms with E-state index in [2.05, 4.69) is 5.10 Å². The molecule has 4 nitrogen and oxygen atoms in total. The third kappa shape index (κ3) is 2.25. The number of thioether (sulfide) groups is 1. The number of benzene rings is 1. The largest absolute Gasteiger partial charge is 0.273 e. The van der Waals surface area contributed by atoms with Gasteiger partial charge in [0.2, 0.25) is 11.1 Å². The number of amidine groups is 1. The van der Waals surface area contributed by atoms with Gasteiger partial charge in [-0.15, -0.1) is 0 Å². The van der Waals surface area contributed by atoms with Crippen molar-refractivity contribution in [3.05, 3.63) is 30.3 Å². The third-order valence-corrected chi connectivity index (χ3v) is 3.02. The van der Waals surface area contributed by atoms with Crippen LogP contribution in [0.3, 0.4) is 0 Å². The summed E-state index contributed by atoms with van der Waals surface area (Å²) in [5.74, 6) is 0.567. The Labute approximate surface area is 98.9 Å². The van der Waals surface area contributed by atoms with E-state index in [1.165, 1.54) is 11.8 Å². The van der Waals surface area contributed by atoms with Gasteiger partial charge in [-0.2, -0.15) is 0 Å². The minimum Gasteiger partial charge on any atom is -0.273 e. The molecule has 84 valence electrons. The van der Waals surface area contributed by atoms with Gasteiger partial charge in [-0.3, -0.25) is 9.69 Å². The number of amides is 1. The molecule has 1 amide bonds. The first-order chi connectivity index (χ1) is 7.68. The van der Waals surface area contributed by atoms with E-state index in [0.29, 0.717) is 5.75 Å². The number of anilines is 1. The van der Waals surface area contributed by atoms with Crippen molar-refractivity contribution in [2.24, 2.45) is 5.10 Å². The van der Waals surface area contributed by atoms with Crippen LogP contribution in [0, 0.1) is 0 Å². The SMILES string of the molecule is C[NH+](C)/N=C1/SCC(=O)N1c1ccccc1. The molecular formula is C11H14N3OS+. The number of carbonyl (C=O) groups excluding carboxylic acids is 1. The number of para-hydroxylation sites is 1. The zero-order valence-corrected chi connectivity index (χ0v) is 10.1. The lowest BCUT2D eigenvalue weighted by Gasteiger charge is -2.15. The molecule has 1 aromatic carbocycles. The van der Waals surface area contributed by atoms with Crippen LogP contribution in [0.25, 0.3) is 0 Å². The second-order valence-electron chi connectivity index (χ2n) is 3.69. The van der Waals surface area contributed by atoms with E-state index in [-0.39, 0.29) is 5.91 Å². The van der Waals surface area contributed by atoms with Crippen LogP contribution < -0.4 is 9.91 Å². The maximum Gasteiger partial charge on any atom is 0.243 e. The summed E-state index contributed by atoms with van der Waals surface area (Å²) in [6, 6.07) is 9.62. The minimum atomic E-state index is 0.0937. The van der Waals surface area contributed by atoms with Crippen LogP contribution in [0.15, 0.2) is 35.4 Å². The summed E-state index contributed by atoms with van der Waals surface area (Å²) in [4.78, 5) is 13.5. The van der Waals surface area contributed by atoms with Crippen LogP contribution in [-0.2, 0) is 4.79 Å². The number of nitrogens with zero attached hydrogens (tertiary/aromatic N) is 2. The lowest BCUT2D eigenvalue weighted by atomic mass is 10.3. The Morgan fingerprint density at radius 3 is 2.62 bits per heavy atom. The highest BCUT2D eigenvalue weighted by atomic mass is 32.2. The van der Waals surface area contributed by atoms with Crippen LogP contribution in [0.5, 0.6) is 0 Å². The summed E-state index contributed by atoms with van der Waals surface area (Å²) >= 11 is 1.49. The topological polar surface area (TPSA) is 37.1 Å². The molecule has 1 heterocycles. The monoisotopic (exact) mass is 236 g/mol. The summed E-state index contributed by atoms with van der Waals surface area (Å²) in [6.45, 7) is 0. The molecule has 1 aromatic rings. The van der Waals surface area contributed by atoms with Crippen molar-refractivity contribution in [3.63, 3.8) is 0 Å². The van der Waals surface area contributed by atoms with Crippen molar-refractivity contribution in [2.75, 3.05) is 24.7 Å². The fraction of sp³-hybridized carbons (Fsp3) is 0.273. The van der Waals surface area contributed by atoms with Crippen LogP contribution >= 0.6 is 11.8 Å². The van der Waals surface area contributed by atoms with Gasteiger partial charge in [0.25, 0.3) is 0 Å². The van der Waals surface area contributed by atoms with Crippen molar-refractivity contribution in [2.45, 2.75) is 0 Å². The van der Waals surface area contributed by atoms with E-state index in [9.17, 15) is 4.79 Å². The van der Waals surface area contributed by atoms with E-state index < -0.39 is 0 Å². The summed E-state index contributed by atoms with van der Waals surface area (Å²) < 4.78 is 0. The Balaban J connectivity index is 2.34. The molecule has 0 unspecified atom stereocenters. The van der Waals surface area contributed by atoms with Gasteiger partial charge in [0.05, 0.1) is 25.5 Å². The van der Waals surface area contributed by atoms with Crippen molar-refractivity contribution in [3.8, 4) is 0 Å². The highest BCUT2D eigenvalue weighted by Crippen LogP contribution is 2.25. The fourth-order valence-electron chi connectivity index (χ4n) is 1.47. The molecule has 0 spiro atoms. The number of rotatable bonds is 2. The summed E-state index contributed by atoms with van der Waals surface area (Å²) in [6.07, 6.45) is 0. The molecule has 5 heteroatoms. The zero-order valence-electron chi connectivity index (χ0n) is 9.30. The van der Waals surface area contributed by atoms with Crippen molar-refractivity contribution in [1.29, 1.82) is 0 Å². The smallest absolute Gasteiger partial charge is 0.243 e. The molecule has 0 aromatic heterocycles. The van der Waals surface area contributed by atoms with Crippen molar-refractivity contribution >= 4 is 28.5 Å². The third-order valence-electron chi connectivity index (χ3n) is 2.10. The molecule has 0 saturated carbocycles. The first-order valence-electron chi connectivity index (χ1n) is 5.08. The predicted molar refractivity (Wildman–Crippen MR) is 66.6 cm³/mol. The molecule has 0 radical (unpaired) electrons. The standard InChI is InChI=1S/C11H13N3OS/c1-13(2)12-11-14(10(15)8-16-11)9-6-4-3-5-7-9/h3-7H,8H2,1-2H3/p+1/b12-11+. The van der Waals surface area contributed by atoms with Crippen molar-refractivity contribution in [1.82, 2.24) is 0 Å². The van der Waals surface area contributed by atoms with Gasteiger partial charge in [-0.25, -0.2) is 5.01 Å². The molecule has 1 saturated heterocycles. The predicted octanol–water partition coefficient (Wildman–Crippen LogP) is 0.182. The van der Waals surface area contributed by atoms with E-state index in [0.717, 1.165) is 15.9 Å². The van der Waals surface area contributed by atoms with Gasteiger partial charge in [0.1, 0.15) is 0 Å². The van der Waals surface area contributed by atoms with Gasteiger partial charge < -0.3 is 0 Å². The first kappa shape index (κ1) is 11.2. The van der Waals surface area contributed by atoms with Gasteiger partial charge in [-0.05, 0) is 12.1 Å². The van der Waals surface area contributed by atoms with Gasteiger partial charge in [-0.1, -0.05) is 35.1 Å². The average molecular weight is 236 g/mol. The lowest BCUT2D eigenvalue weighted by molar-refractivity contribution is -0.865. The number of quaternary nitrogens is 1. The number of hydrogen-bond donors (Lipinski definition) is 1. The van der Waals surface area contributed by atoms with Gasteiger partial charge >= 0.3 is 0 Å². The molecule has 0 atom stereocenters. The van der Waals surface area contributed by atoms with Crippen LogP contribution in [0.1, 0.15) is 0 Å². The average Bonchev–Trinajstić information content (AvgIpc) is 2.60. The maximum absolute atomic E-state index is 11.8. The second-order valence-corrected chi connectivity index (χ2v) is 4.64. The van der Waals surface area contributed by atoms with E-state index in [1.54, 1.807) is 4.90 Å². The van der Waals surface area contributed by atoms with Crippen molar-refractivity contribution < 1.29 is 9.80 Å². The molecule has 1 fully saturated rings. The molecule has 0 bridgehead atoms. The Hall–Kier alpha value is -1.33. The van der Waals surface area contributed by atoms with Crippen LogP contribution in [-0.4, -0.2) is 30.9 Å². The Kier molecular flexibility index (Phi) is 3.26. The summed E-state index contributed by atoms with van der Waals surface area (Å²) in [5, 5.41) is 6.12. The van der Waals surface area contributed by atoms with E-state index in [4.69, 9.17) is 0 Å². The number of nitrogens with one attached hydrogen (secondary N) is 1. The summed E-state index contributed by atoms with van der Waals surface area (Å²) in [7, 11) is 3.86. The molecule has 16 heavy (non-hydrogen) atoms. The molecular weight excluding hydrogens is 222 g/mol. The molecule has 0 aliphatic carbocycles. The van der Waals surface area contributed by atoms with E-state index in [1.807, 2.05) is 44.4 Å². The highest BCUT2D eigenvalue weighted by Gasteiger charge is 2.30. The molecule has 1 aliphatic rings. The first-order valence-corrected chi connectivity index (χ1v) is 6.06. The summed E-state index contributed by atoms with van der Waals surface area (Å²) in [5.41, 5.74) is 0.887.